The molecule has 0 radical (unpaired) electrons. The van der Waals surface area contributed by atoms with E-state index in [4.69, 9.17) is 18.0 Å². The van der Waals surface area contributed by atoms with E-state index in [9.17, 15) is 4.79 Å². The summed E-state index contributed by atoms with van der Waals surface area (Å²) in [6.45, 7) is 7.11. The number of hydrogen-bond acceptors (Lipinski definition) is 2. The lowest BCUT2D eigenvalue weighted by Crippen LogP contribution is -2.30. The molecule has 1 rings (SSSR count). The maximum atomic E-state index is 11.9. The Labute approximate surface area is 114 Å². The second-order valence-corrected chi connectivity index (χ2v) is 5.31. The van der Waals surface area contributed by atoms with Gasteiger partial charge in [0, 0.05) is 17.7 Å². The smallest absolute Gasteiger partial charge is 0.251 e. The van der Waals surface area contributed by atoms with E-state index in [2.05, 4.69) is 26.1 Å². The van der Waals surface area contributed by atoms with Crippen LogP contribution in [0.2, 0.25) is 0 Å². The number of nitrogens with one attached hydrogen (secondary N) is 1. The molecular formula is C14H20N2OS. The number of hydrogen-bond donors (Lipinski definition) is 2. The molecule has 0 fully saturated rings. The van der Waals surface area contributed by atoms with Gasteiger partial charge in [0.2, 0.25) is 0 Å². The van der Waals surface area contributed by atoms with E-state index in [0.29, 0.717) is 28.9 Å². The number of carbonyl (C=O) groups is 1. The van der Waals surface area contributed by atoms with Gasteiger partial charge in [0.1, 0.15) is 4.99 Å². The van der Waals surface area contributed by atoms with Crippen molar-refractivity contribution in [3.05, 3.63) is 35.4 Å². The highest BCUT2D eigenvalue weighted by Crippen LogP contribution is 2.09. The van der Waals surface area contributed by atoms with E-state index in [-0.39, 0.29) is 5.91 Å². The van der Waals surface area contributed by atoms with Crippen molar-refractivity contribution >= 4 is 23.1 Å². The highest BCUT2D eigenvalue weighted by molar-refractivity contribution is 7.80. The molecule has 1 unspecified atom stereocenters. The third kappa shape index (κ3) is 4.11. The van der Waals surface area contributed by atoms with Gasteiger partial charge in [-0.25, -0.2) is 0 Å². The van der Waals surface area contributed by atoms with Gasteiger partial charge in [-0.3, -0.25) is 4.79 Å². The van der Waals surface area contributed by atoms with Crippen molar-refractivity contribution in [2.75, 3.05) is 6.54 Å². The van der Waals surface area contributed by atoms with Crippen molar-refractivity contribution in [3.63, 3.8) is 0 Å². The third-order valence-electron chi connectivity index (χ3n) is 3.15. The molecule has 0 saturated heterocycles. The largest absolute Gasteiger partial charge is 0.389 e. The summed E-state index contributed by atoms with van der Waals surface area (Å²) in [5.74, 6) is 0.962. The molecule has 1 aromatic rings. The summed E-state index contributed by atoms with van der Waals surface area (Å²) >= 11 is 4.86. The summed E-state index contributed by atoms with van der Waals surface area (Å²) < 4.78 is 0. The third-order valence-corrected chi connectivity index (χ3v) is 3.39. The van der Waals surface area contributed by atoms with Gasteiger partial charge >= 0.3 is 0 Å². The van der Waals surface area contributed by atoms with Crippen molar-refractivity contribution in [1.29, 1.82) is 0 Å². The first-order valence-electron chi connectivity index (χ1n) is 6.10. The molecule has 0 aromatic heterocycles. The van der Waals surface area contributed by atoms with Crippen LogP contribution in [0, 0.1) is 11.8 Å². The summed E-state index contributed by atoms with van der Waals surface area (Å²) in [6.07, 6.45) is 0. The van der Waals surface area contributed by atoms with Crippen LogP contribution >= 0.6 is 12.2 Å². The molecule has 3 nitrogen and oxygen atoms in total. The van der Waals surface area contributed by atoms with Crippen molar-refractivity contribution in [2.24, 2.45) is 17.6 Å². The maximum Gasteiger partial charge on any atom is 0.251 e. The van der Waals surface area contributed by atoms with Gasteiger partial charge in [0.25, 0.3) is 5.91 Å². The second-order valence-electron chi connectivity index (χ2n) is 4.87. The van der Waals surface area contributed by atoms with E-state index in [1.54, 1.807) is 24.3 Å². The van der Waals surface area contributed by atoms with Crippen LogP contribution in [-0.2, 0) is 0 Å². The molecule has 4 heteroatoms. The molecular weight excluding hydrogens is 244 g/mol. The van der Waals surface area contributed by atoms with E-state index >= 15 is 0 Å². The predicted molar refractivity (Wildman–Crippen MR) is 78.7 cm³/mol. The number of amides is 1. The zero-order valence-electron chi connectivity index (χ0n) is 11.1. The van der Waals surface area contributed by atoms with E-state index < -0.39 is 0 Å². The Balaban J connectivity index is 2.59. The van der Waals surface area contributed by atoms with Crippen LogP contribution in [0.25, 0.3) is 0 Å². The molecule has 0 aliphatic carbocycles. The minimum absolute atomic E-state index is 0.0583. The number of benzene rings is 1. The molecule has 0 spiro atoms. The summed E-state index contributed by atoms with van der Waals surface area (Å²) in [6, 6.07) is 7.01. The van der Waals surface area contributed by atoms with Crippen LogP contribution in [0.1, 0.15) is 36.7 Å². The van der Waals surface area contributed by atoms with E-state index in [0.717, 1.165) is 5.56 Å². The SMILES string of the molecule is CC(C)C(C)CNC(=O)c1ccc(C(N)=S)cc1. The van der Waals surface area contributed by atoms with Crippen LogP contribution in [0.3, 0.4) is 0 Å². The highest BCUT2D eigenvalue weighted by Gasteiger charge is 2.10. The van der Waals surface area contributed by atoms with Gasteiger partial charge in [0.05, 0.1) is 0 Å². The number of carbonyl (C=O) groups excluding carboxylic acids is 1. The zero-order chi connectivity index (χ0) is 13.7. The summed E-state index contributed by atoms with van der Waals surface area (Å²) in [7, 11) is 0. The molecule has 0 saturated carbocycles. The lowest BCUT2D eigenvalue weighted by Gasteiger charge is -2.16. The Morgan fingerprint density at radius 1 is 1.22 bits per heavy atom. The fourth-order valence-electron chi connectivity index (χ4n) is 1.38. The first kappa shape index (κ1) is 14.6. The molecule has 18 heavy (non-hydrogen) atoms. The Morgan fingerprint density at radius 2 is 1.72 bits per heavy atom. The van der Waals surface area contributed by atoms with Crippen LogP contribution in [0.4, 0.5) is 0 Å². The fraction of sp³-hybridized carbons (Fsp3) is 0.429. The van der Waals surface area contributed by atoms with Gasteiger partial charge in [-0.1, -0.05) is 45.1 Å². The molecule has 1 amide bonds. The first-order valence-corrected chi connectivity index (χ1v) is 6.50. The minimum Gasteiger partial charge on any atom is -0.389 e. The molecule has 1 aromatic carbocycles. The Kier molecular flexibility index (Phi) is 5.28. The molecule has 0 aliphatic heterocycles. The van der Waals surface area contributed by atoms with E-state index in [1.807, 2.05) is 0 Å². The lowest BCUT2D eigenvalue weighted by molar-refractivity contribution is 0.0945. The topological polar surface area (TPSA) is 55.1 Å². The van der Waals surface area contributed by atoms with Crippen LogP contribution < -0.4 is 11.1 Å². The average Bonchev–Trinajstić information content (AvgIpc) is 2.35. The van der Waals surface area contributed by atoms with E-state index in [1.165, 1.54) is 0 Å². The quantitative estimate of drug-likeness (QED) is 0.803. The molecule has 98 valence electrons. The highest BCUT2D eigenvalue weighted by atomic mass is 32.1. The monoisotopic (exact) mass is 264 g/mol. The fourth-order valence-corrected chi connectivity index (χ4v) is 1.51. The summed E-state index contributed by atoms with van der Waals surface area (Å²) in [5, 5.41) is 2.93. The number of thiocarbonyl (C=S) groups is 1. The van der Waals surface area contributed by atoms with Gasteiger partial charge in [-0.05, 0) is 24.0 Å². The van der Waals surface area contributed by atoms with Gasteiger partial charge in [0.15, 0.2) is 0 Å². The molecule has 0 heterocycles. The van der Waals surface area contributed by atoms with Crippen molar-refractivity contribution in [1.82, 2.24) is 5.32 Å². The van der Waals surface area contributed by atoms with Crippen LogP contribution in [0.5, 0.6) is 0 Å². The van der Waals surface area contributed by atoms with Gasteiger partial charge < -0.3 is 11.1 Å². The van der Waals surface area contributed by atoms with Crippen molar-refractivity contribution < 1.29 is 4.79 Å². The van der Waals surface area contributed by atoms with Gasteiger partial charge in [-0.15, -0.1) is 0 Å². The van der Waals surface area contributed by atoms with Crippen molar-refractivity contribution in [3.8, 4) is 0 Å². The normalized spacial score (nSPS) is 12.2. The Hall–Kier alpha value is -1.42. The predicted octanol–water partition coefficient (Wildman–Crippen LogP) is 2.34. The molecule has 0 bridgehead atoms. The lowest BCUT2D eigenvalue weighted by atomic mass is 9.98. The van der Waals surface area contributed by atoms with Crippen LogP contribution in [-0.4, -0.2) is 17.4 Å². The second kappa shape index (κ2) is 6.50. The van der Waals surface area contributed by atoms with Crippen molar-refractivity contribution in [2.45, 2.75) is 20.8 Å². The standard InChI is InChI=1S/C14H20N2OS/c1-9(2)10(3)8-16-14(17)12-6-4-11(5-7-12)13(15)18/h4-7,9-10H,8H2,1-3H3,(H2,15,18)(H,16,17). The Bertz CT molecular complexity index is 426. The maximum absolute atomic E-state index is 11.9. The summed E-state index contributed by atoms with van der Waals surface area (Å²) in [4.78, 5) is 12.2. The Morgan fingerprint density at radius 3 is 2.17 bits per heavy atom. The molecule has 1 atom stereocenters. The number of nitrogens with two attached hydrogens (primary N) is 1. The molecule has 3 N–H and O–H groups in total. The average molecular weight is 264 g/mol. The minimum atomic E-state index is -0.0583. The van der Waals surface area contributed by atoms with Crippen LogP contribution in [0.15, 0.2) is 24.3 Å². The van der Waals surface area contributed by atoms with Gasteiger partial charge in [-0.2, -0.15) is 0 Å². The summed E-state index contributed by atoms with van der Waals surface area (Å²) in [5.41, 5.74) is 6.91. The molecule has 0 aliphatic rings. The number of rotatable bonds is 5. The first-order chi connectivity index (χ1) is 8.41. The zero-order valence-corrected chi connectivity index (χ0v) is 11.9.